The van der Waals surface area contributed by atoms with E-state index in [9.17, 15) is 9.59 Å². The van der Waals surface area contributed by atoms with Crippen molar-refractivity contribution in [3.8, 4) is 0 Å². The van der Waals surface area contributed by atoms with Crippen LogP contribution in [0.15, 0.2) is 24.3 Å². The third kappa shape index (κ3) is 2.69. The van der Waals surface area contributed by atoms with E-state index >= 15 is 0 Å². The Hall–Kier alpha value is -1.10. The number of hydrogen-bond acceptors (Lipinski definition) is 2. The summed E-state index contributed by atoms with van der Waals surface area (Å²) in [5.74, 6) is -2.46. The molecule has 0 spiro atoms. The van der Waals surface area contributed by atoms with Crippen molar-refractivity contribution in [1.82, 2.24) is 0 Å². The summed E-state index contributed by atoms with van der Waals surface area (Å²) in [5, 5.41) is 17.1. The molecule has 0 amide bonds. The van der Waals surface area contributed by atoms with Crippen molar-refractivity contribution in [3.05, 3.63) is 35.4 Å². The number of carbonyl (C=O) groups is 2. The molecule has 13 heavy (non-hydrogen) atoms. The zero-order valence-corrected chi connectivity index (χ0v) is 8.49. The van der Waals surface area contributed by atoms with Crippen LogP contribution in [-0.4, -0.2) is 22.2 Å². The Morgan fingerprint density at radius 2 is 1.23 bits per heavy atom. The first-order valence-corrected chi connectivity index (χ1v) is 3.18. The molecule has 0 aliphatic carbocycles. The summed E-state index contributed by atoms with van der Waals surface area (Å²) in [6, 6.07) is 5.48. The molecule has 1 aromatic carbocycles. The molecule has 0 atom stereocenters. The van der Waals surface area contributed by atoms with Gasteiger partial charge in [0.15, 0.2) is 0 Å². The summed E-state index contributed by atoms with van der Waals surface area (Å²) in [5.41, 5.74) is -0.380. The predicted molar refractivity (Wildman–Crippen MR) is 40.4 cm³/mol. The second-order valence-corrected chi connectivity index (χ2v) is 2.16. The van der Waals surface area contributed by atoms with Gasteiger partial charge in [0.25, 0.3) is 0 Å². The van der Waals surface area contributed by atoms with Gasteiger partial charge in [-0.1, -0.05) is 12.1 Å². The Bertz CT molecular complexity index is 302. The Kier molecular flexibility index (Phi) is 4.41. The number of carboxylic acid groups (broad SMARTS) is 2. The number of benzene rings is 1. The van der Waals surface area contributed by atoms with Crippen molar-refractivity contribution in [1.29, 1.82) is 0 Å². The molecule has 2 N–H and O–H groups in total. The van der Waals surface area contributed by atoms with E-state index in [1.165, 1.54) is 24.3 Å². The van der Waals surface area contributed by atoms with Gasteiger partial charge >= 0.3 is 11.9 Å². The molecule has 1 rings (SSSR count). The molecule has 0 unspecified atom stereocenters. The first kappa shape index (κ1) is 11.9. The minimum absolute atomic E-state index is 0. The number of aromatic carboxylic acids is 2. The van der Waals surface area contributed by atoms with Crippen LogP contribution in [0.25, 0.3) is 0 Å². The fourth-order valence-electron chi connectivity index (χ4n) is 0.856. The van der Waals surface area contributed by atoms with Gasteiger partial charge in [-0.3, -0.25) is 0 Å². The second-order valence-electron chi connectivity index (χ2n) is 2.16. The molecule has 1 radical (unpaired) electrons. The Balaban J connectivity index is 0.00000144. The van der Waals surface area contributed by atoms with Crippen LogP contribution >= 0.6 is 0 Å². The fraction of sp³-hybridized carbons (Fsp3) is 0. The molecule has 0 aromatic heterocycles. The second kappa shape index (κ2) is 4.81. The standard InChI is InChI=1S/C8H6O4.Au/c9-7(10)5-3-1-2-4-6(5)8(11)12;/h1-4H,(H,9,10)(H,11,12);. The third-order valence-electron chi connectivity index (χ3n) is 1.39. The molecule has 0 heterocycles. The third-order valence-corrected chi connectivity index (χ3v) is 1.39. The fourth-order valence-corrected chi connectivity index (χ4v) is 0.856. The molecule has 0 aliphatic heterocycles. The maximum Gasteiger partial charge on any atom is 0.336 e. The van der Waals surface area contributed by atoms with Crippen LogP contribution in [-0.2, 0) is 22.4 Å². The van der Waals surface area contributed by atoms with E-state index in [-0.39, 0.29) is 33.5 Å². The monoisotopic (exact) mass is 363 g/mol. The number of hydrogen-bond donors (Lipinski definition) is 2. The van der Waals surface area contributed by atoms with Gasteiger partial charge in [-0.2, -0.15) is 0 Å². The van der Waals surface area contributed by atoms with Gasteiger partial charge < -0.3 is 10.2 Å². The minimum Gasteiger partial charge on any atom is -0.478 e. The van der Waals surface area contributed by atoms with Crippen molar-refractivity contribution in [2.24, 2.45) is 0 Å². The van der Waals surface area contributed by atoms with E-state index < -0.39 is 11.9 Å². The van der Waals surface area contributed by atoms with Crippen LogP contribution in [0.1, 0.15) is 20.7 Å². The average molecular weight is 363 g/mol. The first-order chi connectivity index (χ1) is 5.63. The van der Waals surface area contributed by atoms with Crippen molar-refractivity contribution in [2.75, 3.05) is 0 Å². The van der Waals surface area contributed by atoms with E-state index in [0.717, 1.165) is 0 Å². The quantitative estimate of drug-likeness (QED) is 0.772. The van der Waals surface area contributed by atoms with Crippen LogP contribution in [0.3, 0.4) is 0 Å². The first-order valence-electron chi connectivity index (χ1n) is 3.18. The molecular formula is C8H6AuO4. The summed E-state index contributed by atoms with van der Waals surface area (Å²) >= 11 is 0. The maximum absolute atomic E-state index is 10.5. The Labute approximate surface area is 89.7 Å². The summed E-state index contributed by atoms with van der Waals surface area (Å²) in [4.78, 5) is 20.9. The van der Waals surface area contributed by atoms with Crippen LogP contribution < -0.4 is 0 Å². The zero-order chi connectivity index (χ0) is 9.14. The maximum atomic E-state index is 10.5. The molecule has 0 saturated heterocycles. The molecule has 0 aliphatic rings. The molecule has 0 saturated carbocycles. The Morgan fingerprint density at radius 3 is 1.46 bits per heavy atom. The molecule has 0 bridgehead atoms. The summed E-state index contributed by atoms with van der Waals surface area (Å²) in [6.45, 7) is 0. The topological polar surface area (TPSA) is 74.6 Å². The molecule has 0 fully saturated rings. The zero-order valence-electron chi connectivity index (χ0n) is 6.32. The minimum atomic E-state index is -1.23. The molecular weight excluding hydrogens is 357 g/mol. The van der Waals surface area contributed by atoms with Crippen LogP contribution in [0.5, 0.6) is 0 Å². The van der Waals surface area contributed by atoms with Crippen molar-refractivity contribution in [3.63, 3.8) is 0 Å². The predicted octanol–water partition coefficient (Wildman–Crippen LogP) is 1.08. The Morgan fingerprint density at radius 1 is 0.923 bits per heavy atom. The van der Waals surface area contributed by atoms with Crippen molar-refractivity contribution < 1.29 is 42.2 Å². The smallest absolute Gasteiger partial charge is 0.336 e. The molecule has 1 aromatic rings. The van der Waals surface area contributed by atoms with Crippen LogP contribution in [0, 0.1) is 0 Å². The van der Waals surface area contributed by atoms with E-state index in [4.69, 9.17) is 10.2 Å². The SMILES string of the molecule is O=C(O)c1ccccc1C(=O)O.[Au]. The van der Waals surface area contributed by atoms with Gasteiger partial charge in [-0.05, 0) is 12.1 Å². The summed E-state index contributed by atoms with van der Waals surface area (Å²) in [7, 11) is 0. The molecule has 5 heteroatoms. The van der Waals surface area contributed by atoms with E-state index in [1.54, 1.807) is 0 Å². The van der Waals surface area contributed by atoms with Gasteiger partial charge in [0.2, 0.25) is 0 Å². The van der Waals surface area contributed by atoms with Crippen molar-refractivity contribution >= 4 is 11.9 Å². The van der Waals surface area contributed by atoms with Gasteiger partial charge in [0.1, 0.15) is 0 Å². The largest absolute Gasteiger partial charge is 0.478 e. The average Bonchev–Trinajstić information content (AvgIpc) is 2.04. The molecule has 4 nitrogen and oxygen atoms in total. The van der Waals surface area contributed by atoms with Gasteiger partial charge in [0.05, 0.1) is 11.1 Å². The van der Waals surface area contributed by atoms with Crippen molar-refractivity contribution in [2.45, 2.75) is 0 Å². The summed E-state index contributed by atoms with van der Waals surface area (Å²) in [6.07, 6.45) is 0. The van der Waals surface area contributed by atoms with Gasteiger partial charge in [0, 0.05) is 22.4 Å². The van der Waals surface area contributed by atoms with E-state index in [0.29, 0.717) is 0 Å². The van der Waals surface area contributed by atoms with E-state index in [1.807, 2.05) is 0 Å². The van der Waals surface area contributed by atoms with E-state index in [2.05, 4.69) is 0 Å². The number of carboxylic acids is 2. The number of rotatable bonds is 2. The summed E-state index contributed by atoms with van der Waals surface area (Å²) < 4.78 is 0. The van der Waals surface area contributed by atoms with Crippen LogP contribution in [0.2, 0.25) is 0 Å². The van der Waals surface area contributed by atoms with Crippen LogP contribution in [0.4, 0.5) is 0 Å². The molecule has 73 valence electrons. The van der Waals surface area contributed by atoms with Gasteiger partial charge in [-0.15, -0.1) is 0 Å². The van der Waals surface area contributed by atoms with Gasteiger partial charge in [-0.25, -0.2) is 9.59 Å². The normalized spacial score (nSPS) is 8.62.